The van der Waals surface area contributed by atoms with Crippen LogP contribution >= 0.6 is 0 Å². The van der Waals surface area contributed by atoms with Gasteiger partial charge in [-0.25, -0.2) is 4.79 Å². The van der Waals surface area contributed by atoms with Crippen LogP contribution in [-0.4, -0.2) is 39.7 Å². The van der Waals surface area contributed by atoms with Crippen molar-refractivity contribution in [3.63, 3.8) is 0 Å². The van der Waals surface area contributed by atoms with Gasteiger partial charge in [-0.15, -0.1) is 0 Å². The third-order valence-electron chi connectivity index (χ3n) is 5.84. The molecule has 3 rings (SSSR count). The number of ether oxygens (including phenoxy) is 4. The maximum atomic E-state index is 13.4. The van der Waals surface area contributed by atoms with Crippen molar-refractivity contribution in [3.05, 3.63) is 52.9 Å². The molecule has 0 saturated heterocycles. The van der Waals surface area contributed by atoms with Crippen LogP contribution in [-0.2, 0) is 14.3 Å². The fourth-order valence-corrected chi connectivity index (χ4v) is 4.58. The second kappa shape index (κ2) is 9.10. The predicted molar refractivity (Wildman–Crippen MR) is 121 cm³/mol. The molecule has 1 unspecified atom stereocenters. The summed E-state index contributed by atoms with van der Waals surface area (Å²) in [4.78, 5) is 26.5. The van der Waals surface area contributed by atoms with Gasteiger partial charge in [0.1, 0.15) is 6.61 Å². The highest BCUT2D eigenvalue weighted by molar-refractivity contribution is 6.04. The number of Topliss-reactive ketones (excluding diaryl/α,β-unsaturated/α-hetero) is 1. The van der Waals surface area contributed by atoms with Crippen molar-refractivity contribution in [2.75, 3.05) is 27.9 Å². The van der Waals surface area contributed by atoms with E-state index >= 15 is 0 Å². The summed E-state index contributed by atoms with van der Waals surface area (Å²) in [6.45, 7) is 9.63. The number of hydrogen-bond donors (Lipinski definition) is 1. The maximum Gasteiger partial charge on any atom is 0.337 e. The van der Waals surface area contributed by atoms with Crippen molar-refractivity contribution in [3.8, 4) is 17.2 Å². The van der Waals surface area contributed by atoms with Crippen molar-refractivity contribution in [2.45, 2.75) is 39.5 Å². The fraction of sp³-hybridized carbons (Fsp3) is 0.440. The zero-order chi connectivity index (χ0) is 23.6. The van der Waals surface area contributed by atoms with Crippen molar-refractivity contribution < 1.29 is 28.5 Å². The van der Waals surface area contributed by atoms with E-state index in [0.717, 1.165) is 5.70 Å². The van der Waals surface area contributed by atoms with E-state index in [1.54, 1.807) is 6.07 Å². The molecule has 1 aromatic carbocycles. The summed E-state index contributed by atoms with van der Waals surface area (Å²) in [7, 11) is 4.58. The van der Waals surface area contributed by atoms with Crippen molar-refractivity contribution in [1.29, 1.82) is 0 Å². The zero-order valence-corrected chi connectivity index (χ0v) is 19.6. The Morgan fingerprint density at radius 1 is 1.16 bits per heavy atom. The molecule has 0 amide bonds. The normalized spacial score (nSPS) is 19.7. The first kappa shape index (κ1) is 23.4. The topological polar surface area (TPSA) is 83.1 Å². The van der Waals surface area contributed by atoms with E-state index in [2.05, 4.69) is 25.7 Å². The number of rotatable bonds is 7. The molecule has 1 atom stereocenters. The monoisotopic (exact) mass is 441 g/mol. The van der Waals surface area contributed by atoms with Gasteiger partial charge >= 0.3 is 5.97 Å². The second-order valence-corrected chi connectivity index (χ2v) is 8.74. The Morgan fingerprint density at radius 2 is 1.84 bits per heavy atom. The summed E-state index contributed by atoms with van der Waals surface area (Å²) in [5, 5.41) is 3.32. The number of carbonyl (C=O) groups is 2. The summed E-state index contributed by atoms with van der Waals surface area (Å²) in [6, 6.07) is 3.56. The molecule has 0 fully saturated rings. The average molecular weight is 442 g/mol. The van der Waals surface area contributed by atoms with E-state index in [9.17, 15) is 9.59 Å². The van der Waals surface area contributed by atoms with Crippen LogP contribution in [0.5, 0.6) is 17.2 Å². The molecule has 7 nitrogen and oxygen atoms in total. The number of esters is 1. The van der Waals surface area contributed by atoms with E-state index in [1.165, 1.54) is 27.4 Å². The molecule has 0 aromatic heterocycles. The number of dihydropyridines is 1. The lowest BCUT2D eigenvalue weighted by Gasteiger charge is -2.39. The van der Waals surface area contributed by atoms with Gasteiger partial charge in [0, 0.05) is 29.0 Å². The highest BCUT2D eigenvalue weighted by Gasteiger charge is 2.44. The molecule has 1 heterocycles. The van der Waals surface area contributed by atoms with Crippen LogP contribution in [0.15, 0.2) is 47.3 Å². The largest absolute Gasteiger partial charge is 0.493 e. The van der Waals surface area contributed by atoms with E-state index in [4.69, 9.17) is 18.9 Å². The first-order chi connectivity index (χ1) is 15.2. The highest BCUT2D eigenvalue weighted by atomic mass is 16.5. The fourth-order valence-electron chi connectivity index (χ4n) is 4.58. The molecule has 0 spiro atoms. The summed E-state index contributed by atoms with van der Waals surface area (Å²) in [5.41, 5.74) is 2.85. The Kier molecular flexibility index (Phi) is 6.67. The molecule has 2 aliphatic rings. The van der Waals surface area contributed by atoms with Crippen molar-refractivity contribution in [1.82, 2.24) is 5.32 Å². The zero-order valence-electron chi connectivity index (χ0n) is 19.6. The number of allylic oxidation sites excluding steroid dienone is 3. The number of benzene rings is 1. The Balaban J connectivity index is 2.28. The molecular weight excluding hydrogens is 410 g/mol. The number of nitrogens with one attached hydrogen (secondary N) is 1. The third-order valence-corrected chi connectivity index (χ3v) is 5.84. The number of hydrogen-bond acceptors (Lipinski definition) is 7. The highest BCUT2D eigenvalue weighted by Crippen LogP contribution is 2.51. The molecule has 7 heteroatoms. The lowest BCUT2D eigenvalue weighted by Crippen LogP contribution is -2.38. The van der Waals surface area contributed by atoms with E-state index in [0.29, 0.717) is 52.5 Å². The molecule has 172 valence electrons. The molecule has 1 aliphatic heterocycles. The minimum atomic E-state index is -0.665. The minimum Gasteiger partial charge on any atom is -0.493 e. The molecule has 1 aliphatic carbocycles. The van der Waals surface area contributed by atoms with Crippen LogP contribution in [0.25, 0.3) is 0 Å². The summed E-state index contributed by atoms with van der Waals surface area (Å²) >= 11 is 0. The number of ketones is 1. The van der Waals surface area contributed by atoms with E-state index in [1.807, 2.05) is 13.0 Å². The first-order valence-electron chi connectivity index (χ1n) is 10.5. The Bertz CT molecular complexity index is 1020. The van der Waals surface area contributed by atoms with E-state index in [-0.39, 0.29) is 17.8 Å². The molecule has 1 aromatic rings. The van der Waals surface area contributed by atoms with Crippen LogP contribution in [0, 0.1) is 5.41 Å². The predicted octanol–water partition coefficient (Wildman–Crippen LogP) is 4.05. The van der Waals surface area contributed by atoms with Gasteiger partial charge in [-0.1, -0.05) is 32.6 Å². The third kappa shape index (κ3) is 4.11. The van der Waals surface area contributed by atoms with Gasteiger partial charge in [-0.05, 0) is 24.8 Å². The maximum absolute atomic E-state index is 13.4. The van der Waals surface area contributed by atoms with Gasteiger partial charge in [-0.2, -0.15) is 0 Å². The Hall–Kier alpha value is -3.22. The first-order valence-corrected chi connectivity index (χ1v) is 10.5. The summed E-state index contributed by atoms with van der Waals surface area (Å²) in [6.07, 6.45) is 2.58. The Labute approximate surface area is 189 Å². The Morgan fingerprint density at radius 3 is 2.44 bits per heavy atom. The molecule has 1 N–H and O–H groups in total. The summed E-state index contributed by atoms with van der Waals surface area (Å²) in [5.74, 6) is 0.108. The quantitative estimate of drug-likeness (QED) is 0.505. The lowest BCUT2D eigenvalue weighted by atomic mass is 9.68. The van der Waals surface area contributed by atoms with Gasteiger partial charge in [0.2, 0.25) is 5.75 Å². The lowest BCUT2D eigenvalue weighted by molar-refractivity contribution is -0.138. The SMILES string of the molecule is C=CCOC(=O)C1=C(C)NC2=C(C(=O)CC(C)(C)C2)C1c1ccc(OC)c(OC)c1OC. The van der Waals surface area contributed by atoms with Gasteiger partial charge in [0.05, 0.1) is 32.8 Å². The van der Waals surface area contributed by atoms with Crippen LogP contribution in [0.4, 0.5) is 0 Å². The number of methoxy groups -OCH3 is 3. The summed E-state index contributed by atoms with van der Waals surface area (Å²) < 4.78 is 22.1. The van der Waals surface area contributed by atoms with Gasteiger partial charge in [0.25, 0.3) is 0 Å². The van der Waals surface area contributed by atoms with Gasteiger partial charge in [0.15, 0.2) is 17.3 Å². The average Bonchev–Trinajstić information content (AvgIpc) is 2.74. The molecule has 0 bridgehead atoms. The van der Waals surface area contributed by atoms with Gasteiger partial charge < -0.3 is 24.3 Å². The molecule has 0 saturated carbocycles. The van der Waals surface area contributed by atoms with Crippen molar-refractivity contribution >= 4 is 11.8 Å². The molecule has 0 radical (unpaired) electrons. The minimum absolute atomic E-state index is 0.00731. The second-order valence-electron chi connectivity index (χ2n) is 8.74. The van der Waals surface area contributed by atoms with Crippen LogP contribution < -0.4 is 19.5 Å². The van der Waals surface area contributed by atoms with Crippen LogP contribution in [0.2, 0.25) is 0 Å². The van der Waals surface area contributed by atoms with Crippen molar-refractivity contribution in [2.24, 2.45) is 5.41 Å². The van der Waals surface area contributed by atoms with Crippen LogP contribution in [0.1, 0.15) is 45.1 Å². The molecule has 32 heavy (non-hydrogen) atoms. The van der Waals surface area contributed by atoms with Gasteiger partial charge in [-0.3, -0.25) is 4.79 Å². The molecular formula is C25H31NO6. The van der Waals surface area contributed by atoms with E-state index < -0.39 is 11.9 Å². The van der Waals surface area contributed by atoms with Crippen LogP contribution in [0.3, 0.4) is 0 Å². The standard InChI is InChI=1S/C25H31NO6/c1-8-11-32-24(28)19-14(2)26-16-12-25(3,4)13-17(27)21(16)20(19)15-9-10-18(29-5)23(31-7)22(15)30-6/h8-10,20,26H,1,11-13H2,2-7H3. The number of carbonyl (C=O) groups excluding carboxylic acids is 2. The smallest absolute Gasteiger partial charge is 0.337 e.